The van der Waals surface area contributed by atoms with Crippen molar-refractivity contribution in [2.24, 2.45) is 0 Å². The zero-order valence-corrected chi connectivity index (χ0v) is 14.9. The second kappa shape index (κ2) is 6.86. The van der Waals surface area contributed by atoms with E-state index in [4.69, 9.17) is 4.74 Å². The summed E-state index contributed by atoms with van der Waals surface area (Å²) < 4.78 is 5.27. The Morgan fingerprint density at radius 2 is 2.07 bits per heavy atom. The van der Waals surface area contributed by atoms with Gasteiger partial charge in [-0.2, -0.15) is 0 Å². The van der Waals surface area contributed by atoms with Crippen LogP contribution in [0.4, 0.5) is 5.69 Å². The number of nitrogens with zero attached hydrogens (tertiary/aromatic N) is 2. The molecule has 3 heterocycles. The van der Waals surface area contributed by atoms with Crippen molar-refractivity contribution in [1.82, 2.24) is 14.9 Å². The number of carbonyl (C=O) groups is 2. The van der Waals surface area contributed by atoms with Crippen LogP contribution in [-0.2, 0) is 22.4 Å². The van der Waals surface area contributed by atoms with Crippen LogP contribution in [0.15, 0.2) is 29.3 Å². The highest BCUT2D eigenvalue weighted by Crippen LogP contribution is 2.36. The minimum Gasteiger partial charge on any atom is -0.497 e. The maximum absolute atomic E-state index is 13.2. The lowest BCUT2D eigenvalue weighted by Gasteiger charge is -2.30. The van der Waals surface area contributed by atoms with Gasteiger partial charge in [-0.1, -0.05) is 0 Å². The fourth-order valence-electron chi connectivity index (χ4n) is 3.77. The number of fused-ring (bicyclic) bond motifs is 2. The Morgan fingerprint density at radius 3 is 2.89 bits per heavy atom. The first-order chi connectivity index (χ1) is 13.1. The van der Waals surface area contributed by atoms with Crippen molar-refractivity contribution in [3.8, 4) is 5.75 Å². The molecule has 2 aliphatic heterocycles. The summed E-state index contributed by atoms with van der Waals surface area (Å²) in [5.41, 5.74) is 2.62. The first-order valence-corrected chi connectivity index (χ1v) is 8.89. The van der Waals surface area contributed by atoms with E-state index in [0.29, 0.717) is 42.9 Å². The molecule has 0 saturated carbocycles. The molecule has 0 bridgehead atoms. The van der Waals surface area contributed by atoms with Crippen LogP contribution in [0.5, 0.6) is 5.75 Å². The molecular weight excluding hydrogens is 348 g/mol. The number of aromatic amines is 1. The van der Waals surface area contributed by atoms with Gasteiger partial charge in [0.1, 0.15) is 5.75 Å². The maximum atomic E-state index is 13.2. The number of H-pyrrole nitrogens is 1. The lowest BCUT2D eigenvalue weighted by Crippen LogP contribution is -2.40. The van der Waals surface area contributed by atoms with E-state index in [2.05, 4.69) is 15.3 Å². The normalized spacial score (nSPS) is 18.8. The highest BCUT2D eigenvalue weighted by atomic mass is 16.5. The van der Waals surface area contributed by atoms with E-state index in [1.807, 2.05) is 0 Å². The molecule has 0 saturated heterocycles. The predicted molar refractivity (Wildman–Crippen MR) is 97.8 cm³/mol. The maximum Gasteiger partial charge on any atom is 0.254 e. The van der Waals surface area contributed by atoms with Crippen molar-refractivity contribution in [3.63, 3.8) is 0 Å². The third-order valence-corrected chi connectivity index (χ3v) is 5.20. The van der Waals surface area contributed by atoms with Gasteiger partial charge in [0.2, 0.25) is 11.8 Å². The Kier molecular flexibility index (Phi) is 4.39. The number of aromatic nitrogens is 2. The van der Waals surface area contributed by atoms with E-state index in [9.17, 15) is 14.4 Å². The highest BCUT2D eigenvalue weighted by molar-refractivity contribution is 6.01. The number of anilines is 1. The molecular formula is C19H20N4O4. The molecule has 1 atom stereocenters. The first-order valence-electron chi connectivity index (χ1n) is 8.89. The largest absolute Gasteiger partial charge is 0.497 e. The molecule has 140 valence electrons. The van der Waals surface area contributed by atoms with E-state index in [1.165, 1.54) is 6.33 Å². The van der Waals surface area contributed by atoms with E-state index < -0.39 is 5.92 Å². The fourth-order valence-corrected chi connectivity index (χ4v) is 3.77. The molecule has 2 N–H and O–H groups in total. The number of hydrogen-bond donors (Lipinski definition) is 2. The van der Waals surface area contributed by atoms with Crippen LogP contribution in [0.3, 0.4) is 0 Å². The third kappa shape index (κ3) is 3.18. The van der Waals surface area contributed by atoms with Gasteiger partial charge in [0.15, 0.2) is 0 Å². The van der Waals surface area contributed by atoms with Crippen LogP contribution in [0.1, 0.15) is 29.2 Å². The average molecular weight is 368 g/mol. The predicted octanol–water partition coefficient (Wildman–Crippen LogP) is 0.832. The van der Waals surface area contributed by atoms with Gasteiger partial charge < -0.3 is 19.9 Å². The van der Waals surface area contributed by atoms with E-state index in [1.54, 1.807) is 30.2 Å². The zero-order valence-electron chi connectivity index (χ0n) is 14.9. The molecule has 0 aliphatic carbocycles. The van der Waals surface area contributed by atoms with Crippen molar-refractivity contribution >= 4 is 17.5 Å². The van der Waals surface area contributed by atoms with Gasteiger partial charge in [0.25, 0.3) is 5.56 Å². The molecule has 0 spiro atoms. The number of hydrogen-bond acceptors (Lipinski definition) is 5. The number of carbonyl (C=O) groups excluding carboxylic acids is 2. The van der Waals surface area contributed by atoms with Gasteiger partial charge in [0, 0.05) is 37.2 Å². The number of benzene rings is 1. The summed E-state index contributed by atoms with van der Waals surface area (Å²) in [7, 11) is 1.57. The lowest BCUT2D eigenvalue weighted by atomic mass is 9.89. The Hall–Kier alpha value is -3.16. The summed E-state index contributed by atoms with van der Waals surface area (Å²) in [5.74, 6) is -0.205. The van der Waals surface area contributed by atoms with Crippen LogP contribution >= 0.6 is 0 Å². The number of amides is 2. The molecule has 2 aromatic rings. The number of nitrogens with one attached hydrogen (secondary N) is 2. The minimum absolute atomic E-state index is 0.0985. The van der Waals surface area contributed by atoms with Gasteiger partial charge >= 0.3 is 0 Å². The van der Waals surface area contributed by atoms with Gasteiger partial charge in [0.05, 0.1) is 25.0 Å². The zero-order chi connectivity index (χ0) is 19.0. The van der Waals surface area contributed by atoms with Crippen molar-refractivity contribution in [2.45, 2.75) is 25.2 Å². The fraction of sp³-hybridized carbons (Fsp3) is 0.368. The molecule has 0 radical (unpaired) electrons. The Morgan fingerprint density at radius 1 is 1.26 bits per heavy atom. The second-order valence-electron chi connectivity index (χ2n) is 6.74. The van der Waals surface area contributed by atoms with Gasteiger partial charge in [-0.3, -0.25) is 14.4 Å². The third-order valence-electron chi connectivity index (χ3n) is 5.20. The van der Waals surface area contributed by atoms with Crippen LogP contribution in [-0.4, -0.2) is 46.9 Å². The van der Waals surface area contributed by atoms with E-state index in [-0.39, 0.29) is 23.8 Å². The SMILES string of the molecule is COc1ccc2c(c1)[C@H](C(=O)N1CCc3nc[nH]c(=O)c3CC1)CC(=O)N2. The highest BCUT2D eigenvalue weighted by Gasteiger charge is 2.34. The topological polar surface area (TPSA) is 104 Å². The van der Waals surface area contributed by atoms with Crippen molar-refractivity contribution in [3.05, 3.63) is 51.7 Å². The summed E-state index contributed by atoms with van der Waals surface area (Å²) >= 11 is 0. The molecule has 0 unspecified atom stereocenters. The summed E-state index contributed by atoms with van der Waals surface area (Å²) in [6, 6.07) is 5.32. The molecule has 0 fully saturated rings. The number of methoxy groups -OCH3 is 1. The monoisotopic (exact) mass is 368 g/mol. The summed E-state index contributed by atoms with van der Waals surface area (Å²) in [6.45, 7) is 0.901. The molecule has 27 heavy (non-hydrogen) atoms. The molecule has 2 amide bonds. The van der Waals surface area contributed by atoms with Crippen LogP contribution in [0.2, 0.25) is 0 Å². The Balaban J connectivity index is 1.61. The van der Waals surface area contributed by atoms with Crippen LogP contribution < -0.4 is 15.6 Å². The lowest BCUT2D eigenvalue weighted by molar-refractivity contribution is -0.134. The van der Waals surface area contributed by atoms with Crippen molar-refractivity contribution in [1.29, 1.82) is 0 Å². The smallest absolute Gasteiger partial charge is 0.254 e. The summed E-state index contributed by atoms with van der Waals surface area (Å²) in [5, 5.41) is 2.81. The van der Waals surface area contributed by atoms with Crippen LogP contribution in [0, 0.1) is 0 Å². The molecule has 2 aliphatic rings. The molecule has 8 heteroatoms. The van der Waals surface area contributed by atoms with Gasteiger partial charge in [-0.25, -0.2) is 4.98 Å². The van der Waals surface area contributed by atoms with E-state index >= 15 is 0 Å². The second-order valence-corrected chi connectivity index (χ2v) is 6.74. The summed E-state index contributed by atoms with van der Waals surface area (Å²) in [6.07, 6.45) is 2.47. The van der Waals surface area contributed by atoms with Gasteiger partial charge in [-0.15, -0.1) is 0 Å². The number of rotatable bonds is 2. The van der Waals surface area contributed by atoms with Gasteiger partial charge in [-0.05, 0) is 30.2 Å². The van der Waals surface area contributed by atoms with E-state index in [0.717, 1.165) is 11.3 Å². The minimum atomic E-state index is -0.559. The first kappa shape index (κ1) is 17.3. The average Bonchev–Trinajstić information content (AvgIpc) is 2.90. The number of ether oxygens (including phenoxy) is 1. The Bertz CT molecular complexity index is 968. The summed E-state index contributed by atoms with van der Waals surface area (Å²) in [4.78, 5) is 45.9. The van der Waals surface area contributed by atoms with Crippen LogP contribution in [0.25, 0.3) is 0 Å². The molecule has 8 nitrogen and oxygen atoms in total. The molecule has 1 aromatic carbocycles. The van der Waals surface area contributed by atoms with Crippen molar-refractivity contribution < 1.29 is 14.3 Å². The molecule has 1 aromatic heterocycles. The molecule has 4 rings (SSSR count). The quantitative estimate of drug-likeness (QED) is 0.817. The van der Waals surface area contributed by atoms with Crippen molar-refractivity contribution in [2.75, 3.05) is 25.5 Å². The Labute approximate surface area is 155 Å². The standard InChI is InChI=1S/C19H20N4O4/c1-27-11-2-3-16-13(8-11)14(9-17(24)22-16)19(26)23-6-4-12-15(5-7-23)20-10-21-18(12)25/h2-3,8,10,14H,4-7,9H2,1H3,(H,22,24)(H,20,21,25)/t14-/m1/s1.